The molecule has 0 aliphatic heterocycles. The number of carboxylic acid groups (broad SMARTS) is 1. The zero-order valence-electron chi connectivity index (χ0n) is 22.3. The van der Waals surface area contributed by atoms with Crippen LogP contribution in [0.25, 0.3) is 10.9 Å². The number of aliphatic carboxylic acids is 1. The number of aliphatic imine (C=N–C) groups is 1. The topological polar surface area (TPSA) is 251 Å². The molecule has 15 heteroatoms. The van der Waals surface area contributed by atoms with Crippen molar-refractivity contribution in [2.24, 2.45) is 22.2 Å². The Morgan fingerprint density at radius 3 is 2.30 bits per heavy atom. The summed E-state index contributed by atoms with van der Waals surface area (Å²) in [5, 5.41) is 27.4. The fraction of sp³-hybridized carbons (Fsp3) is 0.480. The van der Waals surface area contributed by atoms with Gasteiger partial charge in [0.2, 0.25) is 17.7 Å². The Labute approximate surface area is 235 Å². The van der Waals surface area contributed by atoms with Crippen LogP contribution in [0.1, 0.15) is 24.8 Å². The number of carboxylic acids is 1. The summed E-state index contributed by atoms with van der Waals surface area (Å²) in [6.45, 7) is -0.607. The number of amides is 3. The van der Waals surface area contributed by atoms with Crippen LogP contribution in [0, 0.1) is 0 Å². The number of rotatable bonds is 17. The molecule has 0 radical (unpaired) electrons. The number of H-pyrrole nitrogens is 1. The molecule has 1 aromatic heterocycles. The number of nitrogens with zero attached hydrogens (tertiary/aromatic N) is 1. The maximum absolute atomic E-state index is 13.1. The number of benzene rings is 1. The second-order valence-electron chi connectivity index (χ2n) is 9.10. The van der Waals surface area contributed by atoms with Crippen molar-refractivity contribution in [2.45, 2.75) is 49.9 Å². The highest BCUT2D eigenvalue weighted by Crippen LogP contribution is 2.18. The summed E-state index contributed by atoms with van der Waals surface area (Å²) < 4.78 is 0. The van der Waals surface area contributed by atoms with E-state index in [2.05, 4.69) is 25.9 Å². The molecule has 2 rings (SSSR count). The second-order valence-corrected chi connectivity index (χ2v) is 10.1. The number of aliphatic hydroxyl groups is 1. The fourth-order valence-corrected chi connectivity index (χ4v) is 4.38. The lowest BCUT2D eigenvalue weighted by Gasteiger charge is -2.24. The van der Waals surface area contributed by atoms with E-state index in [1.165, 1.54) is 11.8 Å². The SMILES string of the molecule is CSCCC(NC(=O)C(CO)NC(=O)C(CCCN=C(N)N)NC(=O)C(N)Cc1c[nH]c2ccccc12)C(=O)O. The first-order valence-corrected chi connectivity index (χ1v) is 14.1. The van der Waals surface area contributed by atoms with E-state index in [-0.39, 0.29) is 31.8 Å². The first-order chi connectivity index (χ1) is 19.1. The quantitative estimate of drug-likeness (QED) is 0.0589. The summed E-state index contributed by atoms with van der Waals surface area (Å²) in [6.07, 6.45) is 4.33. The van der Waals surface area contributed by atoms with Crippen LogP contribution in [0.2, 0.25) is 0 Å². The first-order valence-electron chi connectivity index (χ1n) is 12.7. The van der Waals surface area contributed by atoms with Gasteiger partial charge in [-0.15, -0.1) is 0 Å². The van der Waals surface area contributed by atoms with Crippen molar-refractivity contribution in [1.82, 2.24) is 20.9 Å². The minimum Gasteiger partial charge on any atom is -0.480 e. The smallest absolute Gasteiger partial charge is 0.326 e. The number of aliphatic hydroxyl groups excluding tert-OH is 1. The monoisotopic (exact) mass is 578 g/mol. The van der Waals surface area contributed by atoms with Gasteiger partial charge in [-0.25, -0.2) is 4.79 Å². The van der Waals surface area contributed by atoms with Gasteiger partial charge in [-0.1, -0.05) is 18.2 Å². The van der Waals surface area contributed by atoms with E-state index in [4.69, 9.17) is 17.2 Å². The lowest BCUT2D eigenvalue weighted by atomic mass is 10.0. The number of carbonyl (C=O) groups is 4. The molecule has 220 valence electrons. The van der Waals surface area contributed by atoms with E-state index >= 15 is 0 Å². The van der Waals surface area contributed by atoms with Crippen LogP contribution >= 0.6 is 11.8 Å². The maximum atomic E-state index is 13.1. The van der Waals surface area contributed by atoms with Crippen molar-refractivity contribution >= 4 is 52.3 Å². The zero-order chi connectivity index (χ0) is 29.7. The molecule has 0 aliphatic carbocycles. The average molecular weight is 579 g/mol. The molecular weight excluding hydrogens is 540 g/mol. The van der Waals surface area contributed by atoms with Gasteiger partial charge in [0, 0.05) is 23.6 Å². The van der Waals surface area contributed by atoms with E-state index in [9.17, 15) is 29.4 Å². The standard InChI is InChI=1S/C25H38N8O6S/c1-40-10-8-19(24(38)39)32-23(37)20(13-34)33-22(36)18(7-4-9-29-25(27)28)31-21(35)16(26)11-14-12-30-17-6-3-2-5-15(14)17/h2-3,5-6,12,16,18-20,30,34H,4,7-11,13,26H2,1H3,(H,31,35)(H,32,37)(H,33,36)(H,38,39)(H4,27,28,29). The lowest BCUT2D eigenvalue weighted by Crippen LogP contribution is -2.58. The molecule has 4 unspecified atom stereocenters. The summed E-state index contributed by atoms with van der Waals surface area (Å²) in [5.74, 6) is -3.11. The van der Waals surface area contributed by atoms with Gasteiger partial charge in [-0.3, -0.25) is 19.4 Å². The van der Waals surface area contributed by atoms with E-state index in [1.54, 1.807) is 12.5 Å². The zero-order valence-corrected chi connectivity index (χ0v) is 23.1. The molecule has 0 bridgehead atoms. The third kappa shape index (κ3) is 10.1. The van der Waals surface area contributed by atoms with Crippen LogP contribution in [0.5, 0.6) is 0 Å². The van der Waals surface area contributed by atoms with Gasteiger partial charge in [-0.2, -0.15) is 11.8 Å². The molecule has 0 aliphatic rings. The normalized spacial score (nSPS) is 14.0. The average Bonchev–Trinajstić information content (AvgIpc) is 3.33. The highest BCUT2D eigenvalue weighted by atomic mass is 32.2. The third-order valence-electron chi connectivity index (χ3n) is 6.07. The Morgan fingerprint density at radius 2 is 1.65 bits per heavy atom. The van der Waals surface area contributed by atoms with Crippen molar-refractivity contribution < 1.29 is 29.4 Å². The molecule has 0 spiro atoms. The molecule has 40 heavy (non-hydrogen) atoms. The molecular formula is C25H38N8O6S. The second kappa shape index (κ2) is 16.3. The molecule has 3 amide bonds. The number of fused-ring (bicyclic) bond motifs is 1. The van der Waals surface area contributed by atoms with E-state index < -0.39 is 54.5 Å². The predicted octanol–water partition coefficient (Wildman–Crippen LogP) is -1.62. The maximum Gasteiger partial charge on any atom is 0.326 e. The number of hydrogen-bond donors (Lipinski definition) is 9. The van der Waals surface area contributed by atoms with Gasteiger partial charge in [0.15, 0.2) is 5.96 Å². The largest absolute Gasteiger partial charge is 0.480 e. The molecule has 1 heterocycles. The van der Waals surface area contributed by atoms with Crippen LogP contribution in [0.4, 0.5) is 0 Å². The van der Waals surface area contributed by atoms with Crippen LogP contribution in [0.15, 0.2) is 35.5 Å². The van der Waals surface area contributed by atoms with Crippen molar-refractivity contribution in [1.29, 1.82) is 0 Å². The summed E-state index contributed by atoms with van der Waals surface area (Å²) in [4.78, 5) is 57.2. The van der Waals surface area contributed by atoms with Crippen molar-refractivity contribution in [3.63, 3.8) is 0 Å². The fourth-order valence-electron chi connectivity index (χ4n) is 3.91. The third-order valence-corrected chi connectivity index (χ3v) is 6.71. The number of guanidine groups is 1. The molecule has 14 nitrogen and oxygen atoms in total. The van der Waals surface area contributed by atoms with Crippen LogP contribution in [-0.4, -0.2) is 94.2 Å². The number of aromatic amines is 1. The van der Waals surface area contributed by atoms with Crippen molar-refractivity contribution in [3.05, 3.63) is 36.0 Å². The molecule has 1 aromatic carbocycles. The van der Waals surface area contributed by atoms with Gasteiger partial charge >= 0.3 is 5.97 Å². The number of nitrogens with two attached hydrogens (primary N) is 3. The number of hydrogen-bond acceptors (Lipinski definition) is 8. The van der Waals surface area contributed by atoms with Gasteiger partial charge in [0.25, 0.3) is 0 Å². The molecule has 4 atom stereocenters. The van der Waals surface area contributed by atoms with Crippen LogP contribution in [0.3, 0.4) is 0 Å². The van der Waals surface area contributed by atoms with Crippen molar-refractivity contribution in [2.75, 3.05) is 25.2 Å². The predicted molar refractivity (Wildman–Crippen MR) is 153 cm³/mol. The molecule has 2 aromatic rings. The van der Waals surface area contributed by atoms with Crippen LogP contribution < -0.4 is 33.2 Å². The summed E-state index contributed by atoms with van der Waals surface area (Å²) >= 11 is 1.41. The number of nitrogens with one attached hydrogen (secondary N) is 4. The minimum absolute atomic E-state index is 0.0966. The summed E-state index contributed by atoms with van der Waals surface area (Å²) in [7, 11) is 0. The highest BCUT2D eigenvalue weighted by Gasteiger charge is 2.30. The van der Waals surface area contributed by atoms with E-state index in [0.29, 0.717) is 12.2 Å². The Bertz CT molecular complexity index is 1190. The number of carbonyl (C=O) groups excluding carboxylic acids is 3. The molecule has 12 N–H and O–H groups in total. The van der Waals surface area contributed by atoms with Gasteiger partial charge in [0.1, 0.15) is 18.1 Å². The summed E-state index contributed by atoms with van der Waals surface area (Å²) in [6, 6.07) is 2.80. The van der Waals surface area contributed by atoms with Gasteiger partial charge in [-0.05, 0) is 49.3 Å². The number of para-hydroxylation sites is 1. The van der Waals surface area contributed by atoms with Crippen molar-refractivity contribution in [3.8, 4) is 0 Å². The van der Waals surface area contributed by atoms with E-state index in [0.717, 1.165) is 16.5 Å². The first kappa shape index (κ1) is 32.4. The minimum atomic E-state index is -1.44. The molecule has 0 saturated carbocycles. The van der Waals surface area contributed by atoms with Crippen LogP contribution in [-0.2, 0) is 25.6 Å². The lowest BCUT2D eigenvalue weighted by molar-refractivity contribution is -0.142. The number of aromatic nitrogens is 1. The van der Waals surface area contributed by atoms with E-state index in [1.807, 2.05) is 24.3 Å². The number of thioether (sulfide) groups is 1. The highest BCUT2D eigenvalue weighted by molar-refractivity contribution is 7.98. The molecule has 0 fully saturated rings. The Kier molecular flexibility index (Phi) is 13.2. The van der Waals surface area contributed by atoms with Gasteiger partial charge < -0.3 is 48.3 Å². The van der Waals surface area contributed by atoms with Gasteiger partial charge in [0.05, 0.1) is 12.6 Å². The Hall–Kier alpha value is -3.82. The Balaban J connectivity index is 2.10. The Morgan fingerprint density at radius 1 is 1.00 bits per heavy atom. The molecule has 0 saturated heterocycles. The summed E-state index contributed by atoms with van der Waals surface area (Å²) in [5.41, 5.74) is 18.6.